The average molecular weight is 570 g/mol. The molecule has 0 heterocycles. The molecule has 3 aromatic carbocycles. The summed E-state index contributed by atoms with van der Waals surface area (Å²) in [7, 11) is -2.80. The van der Waals surface area contributed by atoms with Crippen LogP contribution in [0.1, 0.15) is 39.7 Å². The SMILES string of the molecule is CC[C@H](C(=O)NC(C)(C)C)N(Cc1ccc(OC)cc1)C(=O)CN(c1ccccc1F)S(=O)(=O)c1ccccc1. The van der Waals surface area contributed by atoms with Gasteiger partial charge in [0.1, 0.15) is 24.2 Å². The van der Waals surface area contributed by atoms with Crippen molar-refractivity contribution in [3.05, 3.63) is 90.2 Å². The first kappa shape index (κ1) is 30.6. The number of benzene rings is 3. The summed E-state index contributed by atoms with van der Waals surface area (Å²) < 4.78 is 48.4. The Hall–Kier alpha value is -3.92. The van der Waals surface area contributed by atoms with Gasteiger partial charge in [0.05, 0.1) is 17.7 Å². The summed E-state index contributed by atoms with van der Waals surface area (Å²) in [5.74, 6) is -1.21. The van der Waals surface area contributed by atoms with Crippen molar-refractivity contribution < 1.29 is 27.1 Å². The van der Waals surface area contributed by atoms with Crippen molar-refractivity contribution in [1.82, 2.24) is 10.2 Å². The Morgan fingerprint density at radius 2 is 1.55 bits per heavy atom. The summed E-state index contributed by atoms with van der Waals surface area (Å²) in [5, 5.41) is 2.92. The summed E-state index contributed by atoms with van der Waals surface area (Å²) in [6.45, 7) is 6.58. The van der Waals surface area contributed by atoms with Gasteiger partial charge in [-0.2, -0.15) is 0 Å². The molecule has 8 nitrogen and oxygen atoms in total. The zero-order valence-corrected chi connectivity index (χ0v) is 24.2. The van der Waals surface area contributed by atoms with E-state index >= 15 is 0 Å². The third-order valence-corrected chi connectivity index (χ3v) is 7.90. The Labute approximate surface area is 235 Å². The standard InChI is InChI=1S/C30H36FN3O5S/c1-6-26(29(36)32-30(2,3)4)33(20-22-16-18-23(39-5)19-17-22)28(35)21-34(27-15-11-10-14-25(27)31)40(37,38)24-12-8-7-9-13-24/h7-19,26H,6,20-21H2,1-5H3,(H,32,36)/t26-/m1/s1. The molecule has 214 valence electrons. The minimum absolute atomic E-state index is 0.0232. The van der Waals surface area contributed by atoms with Gasteiger partial charge >= 0.3 is 0 Å². The van der Waals surface area contributed by atoms with Gasteiger partial charge in [0, 0.05) is 12.1 Å². The number of carbonyl (C=O) groups excluding carboxylic acids is 2. The number of sulfonamides is 1. The normalized spacial score (nSPS) is 12.3. The third kappa shape index (κ3) is 7.59. The largest absolute Gasteiger partial charge is 0.497 e. The number of carbonyl (C=O) groups is 2. The molecule has 0 saturated carbocycles. The quantitative estimate of drug-likeness (QED) is 0.360. The summed E-state index contributed by atoms with van der Waals surface area (Å²) in [6, 6.07) is 19.0. The highest BCUT2D eigenvalue weighted by Gasteiger charge is 2.35. The van der Waals surface area contributed by atoms with Gasteiger partial charge in [-0.05, 0) is 69.2 Å². The topological polar surface area (TPSA) is 96.0 Å². The number of ether oxygens (including phenoxy) is 1. The van der Waals surface area contributed by atoms with Gasteiger partial charge in [-0.1, -0.05) is 49.4 Å². The molecule has 0 aromatic heterocycles. The number of anilines is 1. The summed E-state index contributed by atoms with van der Waals surface area (Å²) in [6.07, 6.45) is 0.273. The maximum absolute atomic E-state index is 15.0. The van der Waals surface area contributed by atoms with E-state index in [2.05, 4.69) is 5.32 Å². The van der Waals surface area contributed by atoms with E-state index in [0.717, 1.165) is 10.4 Å². The second-order valence-corrected chi connectivity index (χ2v) is 12.2. The zero-order valence-electron chi connectivity index (χ0n) is 23.4. The van der Waals surface area contributed by atoms with Crippen LogP contribution in [0, 0.1) is 5.82 Å². The lowest BCUT2D eigenvalue weighted by atomic mass is 10.1. The Balaban J connectivity index is 2.07. The molecule has 0 aliphatic rings. The van der Waals surface area contributed by atoms with E-state index in [1.165, 1.54) is 35.2 Å². The first-order chi connectivity index (χ1) is 18.9. The van der Waals surface area contributed by atoms with Crippen LogP contribution in [0.25, 0.3) is 0 Å². The van der Waals surface area contributed by atoms with Gasteiger partial charge in [0.2, 0.25) is 11.8 Å². The second-order valence-electron chi connectivity index (χ2n) is 10.3. The number of halogens is 1. The van der Waals surface area contributed by atoms with Crippen LogP contribution in [0.2, 0.25) is 0 Å². The Morgan fingerprint density at radius 1 is 0.950 bits per heavy atom. The number of para-hydroxylation sites is 1. The van der Waals surface area contributed by atoms with E-state index in [1.54, 1.807) is 56.5 Å². The van der Waals surface area contributed by atoms with Gasteiger partial charge < -0.3 is 15.0 Å². The number of hydrogen-bond donors (Lipinski definition) is 1. The highest BCUT2D eigenvalue weighted by Crippen LogP contribution is 2.27. The van der Waals surface area contributed by atoms with Crippen molar-refractivity contribution in [2.24, 2.45) is 0 Å². The molecule has 0 bridgehead atoms. The highest BCUT2D eigenvalue weighted by atomic mass is 32.2. The molecule has 0 fully saturated rings. The summed E-state index contributed by atoms with van der Waals surface area (Å²) >= 11 is 0. The molecule has 0 aliphatic carbocycles. The van der Waals surface area contributed by atoms with Crippen LogP contribution >= 0.6 is 0 Å². The van der Waals surface area contributed by atoms with E-state index in [1.807, 2.05) is 20.8 Å². The van der Waals surface area contributed by atoms with E-state index in [4.69, 9.17) is 4.74 Å². The van der Waals surface area contributed by atoms with Crippen molar-refractivity contribution in [1.29, 1.82) is 0 Å². The van der Waals surface area contributed by atoms with E-state index in [-0.39, 0.29) is 29.5 Å². The Bertz CT molecular complexity index is 1410. The van der Waals surface area contributed by atoms with Crippen LogP contribution in [-0.4, -0.2) is 50.4 Å². The summed E-state index contributed by atoms with van der Waals surface area (Å²) in [4.78, 5) is 28.6. The molecular formula is C30H36FN3O5S. The van der Waals surface area contributed by atoms with E-state index < -0.39 is 39.9 Å². The number of nitrogens with zero attached hydrogens (tertiary/aromatic N) is 2. The van der Waals surface area contributed by atoms with Crippen molar-refractivity contribution >= 4 is 27.5 Å². The van der Waals surface area contributed by atoms with Crippen molar-refractivity contribution in [2.45, 2.75) is 57.1 Å². The van der Waals surface area contributed by atoms with E-state index in [9.17, 15) is 22.4 Å². The van der Waals surface area contributed by atoms with E-state index in [0.29, 0.717) is 11.3 Å². The van der Waals surface area contributed by atoms with Crippen molar-refractivity contribution in [2.75, 3.05) is 18.0 Å². The van der Waals surface area contributed by atoms with Crippen LogP contribution in [0.4, 0.5) is 10.1 Å². The van der Waals surface area contributed by atoms with Crippen molar-refractivity contribution in [3.63, 3.8) is 0 Å². The maximum atomic E-state index is 15.0. The molecule has 0 spiro atoms. The molecule has 10 heteroatoms. The fraction of sp³-hybridized carbons (Fsp3) is 0.333. The molecule has 0 saturated heterocycles. The Kier molecular flexibility index (Phi) is 9.92. The molecular weight excluding hydrogens is 533 g/mol. The van der Waals surface area contributed by atoms with Crippen LogP contribution in [-0.2, 0) is 26.2 Å². The molecule has 0 radical (unpaired) electrons. The minimum Gasteiger partial charge on any atom is -0.497 e. The fourth-order valence-corrected chi connectivity index (χ4v) is 5.63. The molecule has 40 heavy (non-hydrogen) atoms. The lowest BCUT2D eigenvalue weighted by molar-refractivity contribution is -0.141. The average Bonchev–Trinajstić information content (AvgIpc) is 2.91. The first-order valence-electron chi connectivity index (χ1n) is 12.9. The minimum atomic E-state index is -4.34. The van der Waals surface area contributed by atoms with Crippen LogP contribution in [0.15, 0.2) is 83.8 Å². The molecule has 0 aliphatic heterocycles. The number of nitrogens with one attached hydrogen (secondary N) is 1. The zero-order chi connectivity index (χ0) is 29.5. The lowest BCUT2D eigenvalue weighted by Gasteiger charge is -2.34. The van der Waals surface area contributed by atoms with Crippen LogP contribution in [0.5, 0.6) is 5.75 Å². The number of rotatable bonds is 11. The molecule has 3 rings (SSSR count). The molecule has 0 unspecified atom stereocenters. The van der Waals surface area contributed by atoms with Gasteiger partial charge in [-0.15, -0.1) is 0 Å². The highest BCUT2D eigenvalue weighted by molar-refractivity contribution is 7.92. The smallest absolute Gasteiger partial charge is 0.264 e. The molecule has 1 atom stereocenters. The number of amides is 2. The van der Waals surface area contributed by atoms with Crippen LogP contribution in [0.3, 0.4) is 0 Å². The predicted octanol–water partition coefficient (Wildman–Crippen LogP) is 4.75. The van der Waals surface area contributed by atoms with Crippen molar-refractivity contribution in [3.8, 4) is 5.75 Å². The first-order valence-corrected chi connectivity index (χ1v) is 14.4. The predicted molar refractivity (Wildman–Crippen MR) is 153 cm³/mol. The lowest BCUT2D eigenvalue weighted by Crippen LogP contribution is -2.55. The van der Waals surface area contributed by atoms with Gasteiger partial charge in [0.25, 0.3) is 10.0 Å². The van der Waals surface area contributed by atoms with Gasteiger partial charge in [-0.3, -0.25) is 13.9 Å². The monoisotopic (exact) mass is 569 g/mol. The molecule has 3 aromatic rings. The maximum Gasteiger partial charge on any atom is 0.264 e. The molecule has 1 N–H and O–H groups in total. The fourth-order valence-electron chi connectivity index (χ4n) is 4.19. The molecule has 2 amide bonds. The number of methoxy groups -OCH3 is 1. The van der Waals surface area contributed by atoms with Gasteiger partial charge in [-0.25, -0.2) is 12.8 Å². The number of hydrogen-bond acceptors (Lipinski definition) is 5. The second kappa shape index (κ2) is 13.0. The van der Waals surface area contributed by atoms with Gasteiger partial charge in [0.15, 0.2) is 0 Å². The Morgan fingerprint density at radius 3 is 2.10 bits per heavy atom. The van der Waals surface area contributed by atoms with Crippen LogP contribution < -0.4 is 14.4 Å². The third-order valence-electron chi connectivity index (χ3n) is 6.13. The summed E-state index contributed by atoms with van der Waals surface area (Å²) in [5.41, 5.74) is -0.120.